The number of carboxylic acids is 1. The van der Waals surface area contributed by atoms with Gasteiger partial charge in [-0.3, -0.25) is 14.8 Å². The zero-order valence-electron chi connectivity index (χ0n) is 20.7. The number of nitrogens with zero attached hydrogens (tertiary/aromatic N) is 3. The van der Waals surface area contributed by atoms with Gasteiger partial charge in [-0.2, -0.15) is 0 Å². The Hall–Kier alpha value is -2.74. The molecule has 0 aliphatic carbocycles. The van der Waals surface area contributed by atoms with E-state index in [0.717, 1.165) is 44.3 Å². The van der Waals surface area contributed by atoms with Crippen molar-refractivity contribution < 1.29 is 19.7 Å². The number of hydrogen-bond acceptors (Lipinski definition) is 6. The summed E-state index contributed by atoms with van der Waals surface area (Å²) in [6.45, 7) is 2.48. The maximum Gasteiger partial charge on any atom is 0.309 e. The molecule has 4 rings (SSSR count). The summed E-state index contributed by atoms with van der Waals surface area (Å²) in [7, 11) is 1.58. The highest BCUT2D eigenvalue weighted by atomic mass is 35.5. The van der Waals surface area contributed by atoms with Crippen LogP contribution in [-0.2, 0) is 11.2 Å². The first kappa shape index (κ1) is 26.3. The summed E-state index contributed by atoms with van der Waals surface area (Å²) in [5.41, 5.74) is 1.70. The average molecular weight is 512 g/mol. The smallest absolute Gasteiger partial charge is 0.309 e. The molecule has 0 bridgehead atoms. The van der Waals surface area contributed by atoms with Gasteiger partial charge in [-0.25, -0.2) is 0 Å². The highest BCUT2D eigenvalue weighted by Crippen LogP contribution is 2.41. The van der Waals surface area contributed by atoms with E-state index in [1.807, 2.05) is 30.5 Å². The summed E-state index contributed by atoms with van der Waals surface area (Å²) < 4.78 is 5.33. The number of ether oxygens (including phenoxy) is 1. The second-order valence-corrected chi connectivity index (χ2v) is 10.1. The molecule has 2 N–H and O–H groups in total. The Morgan fingerprint density at radius 3 is 2.72 bits per heavy atom. The molecule has 36 heavy (non-hydrogen) atoms. The SMILES string of the molecule is COc1ccc2ncc(Cl)c([C@H](O)CCC3(C(=O)O)CCN(CCCCc4cccnc4)CC3)c2c1. The van der Waals surface area contributed by atoms with Crippen LogP contribution in [0.3, 0.4) is 0 Å². The lowest BCUT2D eigenvalue weighted by Crippen LogP contribution is -2.44. The Labute approximate surface area is 217 Å². The Morgan fingerprint density at radius 1 is 1.22 bits per heavy atom. The number of carboxylic acid groups (broad SMARTS) is 1. The van der Waals surface area contributed by atoms with Crippen molar-refractivity contribution in [3.63, 3.8) is 0 Å². The van der Waals surface area contributed by atoms with E-state index >= 15 is 0 Å². The summed E-state index contributed by atoms with van der Waals surface area (Å²) in [5, 5.41) is 22.3. The second-order valence-electron chi connectivity index (χ2n) is 9.70. The number of fused-ring (bicyclic) bond motifs is 1. The molecule has 1 aliphatic rings. The summed E-state index contributed by atoms with van der Waals surface area (Å²) >= 11 is 6.44. The molecule has 0 radical (unpaired) electrons. The van der Waals surface area contributed by atoms with Crippen molar-refractivity contribution in [2.24, 2.45) is 5.41 Å². The van der Waals surface area contributed by atoms with Crippen molar-refractivity contribution in [3.8, 4) is 5.75 Å². The quantitative estimate of drug-likeness (QED) is 0.337. The van der Waals surface area contributed by atoms with Crippen LogP contribution in [0.1, 0.15) is 55.8 Å². The summed E-state index contributed by atoms with van der Waals surface area (Å²) in [5.74, 6) is -0.131. The summed E-state index contributed by atoms with van der Waals surface area (Å²) in [6.07, 6.45) is 9.38. The predicted molar refractivity (Wildman–Crippen MR) is 140 cm³/mol. The molecular formula is C28H34ClN3O4. The van der Waals surface area contributed by atoms with Crippen LogP contribution in [0.4, 0.5) is 0 Å². The van der Waals surface area contributed by atoms with E-state index in [1.165, 1.54) is 11.8 Å². The third kappa shape index (κ3) is 6.14. The van der Waals surface area contributed by atoms with E-state index in [-0.39, 0.29) is 0 Å². The topological polar surface area (TPSA) is 95.8 Å². The largest absolute Gasteiger partial charge is 0.497 e. The van der Waals surface area contributed by atoms with Crippen molar-refractivity contribution in [2.75, 3.05) is 26.7 Å². The number of aliphatic carboxylic acids is 1. The van der Waals surface area contributed by atoms with Crippen LogP contribution in [0, 0.1) is 5.41 Å². The van der Waals surface area contributed by atoms with Gasteiger partial charge in [-0.05, 0) is 94.4 Å². The normalized spacial score (nSPS) is 16.6. The zero-order chi connectivity index (χ0) is 25.5. The first-order valence-corrected chi connectivity index (χ1v) is 12.9. The van der Waals surface area contributed by atoms with Gasteiger partial charge in [0.25, 0.3) is 0 Å². The van der Waals surface area contributed by atoms with Gasteiger partial charge in [-0.1, -0.05) is 17.7 Å². The van der Waals surface area contributed by atoms with Gasteiger partial charge in [0.2, 0.25) is 0 Å². The number of pyridine rings is 2. The molecule has 7 nitrogen and oxygen atoms in total. The minimum absolute atomic E-state index is 0.313. The minimum atomic E-state index is -0.892. The predicted octanol–water partition coefficient (Wildman–Crippen LogP) is 5.30. The van der Waals surface area contributed by atoms with E-state index in [9.17, 15) is 15.0 Å². The van der Waals surface area contributed by atoms with Gasteiger partial charge < -0.3 is 19.8 Å². The Kier molecular flexibility index (Phi) is 8.77. The number of carbonyl (C=O) groups is 1. The Bertz CT molecular complexity index is 1170. The van der Waals surface area contributed by atoms with Crippen molar-refractivity contribution >= 4 is 28.5 Å². The number of aliphatic hydroxyl groups excluding tert-OH is 1. The van der Waals surface area contributed by atoms with Crippen molar-refractivity contribution in [1.29, 1.82) is 0 Å². The Balaban J connectivity index is 1.34. The first-order valence-electron chi connectivity index (χ1n) is 12.6. The van der Waals surface area contributed by atoms with Gasteiger partial charge in [0.1, 0.15) is 5.75 Å². The average Bonchev–Trinajstić information content (AvgIpc) is 2.90. The van der Waals surface area contributed by atoms with Gasteiger partial charge in [0.05, 0.1) is 29.2 Å². The van der Waals surface area contributed by atoms with Crippen LogP contribution in [0.5, 0.6) is 5.75 Å². The summed E-state index contributed by atoms with van der Waals surface area (Å²) in [4.78, 5) is 23.2. The zero-order valence-corrected chi connectivity index (χ0v) is 21.5. The van der Waals surface area contributed by atoms with Crippen LogP contribution in [0.2, 0.25) is 5.02 Å². The molecule has 3 heterocycles. The lowest BCUT2D eigenvalue weighted by Gasteiger charge is -2.39. The van der Waals surface area contributed by atoms with Crippen molar-refractivity contribution in [3.05, 3.63) is 65.1 Å². The second kappa shape index (κ2) is 12.0. The number of hydrogen-bond donors (Lipinski definition) is 2. The third-order valence-corrected chi connectivity index (χ3v) is 7.78. The van der Waals surface area contributed by atoms with E-state index in [4.69, 9.17) is 16.3 Å². The minimum Gasteiger partial charge on any atom is -0.497 e. The number of benzene rings is 1. The van der Waals surface area contributed by atoms with Crippen molar-refractivity contribution in [2.45, 2.75) is 51.0 Å². The molecule has 1 saturated heterocycles. The summed E-state index contributed by atoms with van der Waals surface area (Å²) in [6, 6.07) is 9.51. The number of rotatable bonds is 11. The molecule has 8 heteroatoms. The molecule has 0 amide bonds. The maximum absolute atomic E-state index is 12.4. The standard InChI is InChI=1S/C28H34ClN3O4/c1-36-21-7-8-24-22(17-21)26(23(29)19-31-24)25(33)9-10-28(27(34)35)11-15-32(16-12-28)14-3-2-5-20-6-4-13-30-18-20/h4,6-8,13,17-19,25,33H,2-3,5,9-12,14-16H2,1H3,(H,34,35)/t25-/m1/s1. The van der Waals surface area contributed by atoms with Crippen LogP contribution in [0.25, 0.3) is 10.9 Å². The van der Waals surface area contributed by atoms with Gasteiger partial charge in [0, 0.05) is 29.5 Å². The van der Waals surface area contributed by atoms with Gasteiger partial charge in [-0.15, -0.1) is 0 Å². The number of aryl methyl sites for hydroxylation is 1. The van der Waals surface area contributed by atoms with Crippen LogP contribution < -0.4 is 4.74 Å². The molecule has 2 aromatic heterocycles. The highest BCUT2D eigenvalue weighted by Gasteiger charge is 2.41. The van der Waals surface area contributed by atoms with Crippen LogP contribution in [-0.4, -0.2) is 57.8 Å². The number of likely N-dealkylation sites (tertiary alicyclic amines) is 1. The number of halogens is 1. The number of methoxy groups -OCH3 is 1. The van der Waals surface area contributed by atoms with Crippen LogP contribution in [0.15, 0.2) is 48.9 Å². The number of aromatic nitrogens is 2. The monoisotopic (exact) mass is 511 g/mol. The Morgan fingerprint density at radius 2 is 2.03 bits per heavy atom. The molecule has 0 saturated carbocycles. The molecule has 3 aromatic rings. The fourth-order valence-corrected chi connectivity index (χ4v) is 5.45. The van der Waals surface area contributed by atoms with E-state index in [2.05, 4.69) is 20.9 Å². The number of piperidine rings is 1. The van der Waals surface area contributed by atoms with E-state index in [1.54, 1.807) is 13.3 Å². The molecule has 0 spiro atoms. The molecule has 192 valence electrons. The van der Waals surface area contributed by atoms with Crippen molar-refractivity contribution in [1.82, 2.24) is 14.9 Å². The fourth-order valence-electron chi connectivity index (χ4n) is 5.18. The fraction of sp³-hybridized carbons (Fsp3) is 0.464. The highest BCUT2D eigenvalue weighted by molar-refractivity contribution is 6.32. The van der Waals surface area contributed by atoms with E-state index < -0.39 is 17.5 Å². The third-order valence-electron chi connectivity index (χ3n) is 7.48. The van der Waals surface area contributed by atoms with E-state index in [0.29, 0.717) is 47.5 Å². The lowest BCUT2D eigenvalue weighted by molar-refractivity contribution is -0.153. The number of unbranched alkanes of at least 4 members (excludes halogenated alkanes) is 1. The molecule has 1 fully saturated rings. The number of aliphatic hydroxyl groups is 1. The molecule has 1 atom stereocenters. The maximum atomic E-state index is 12.4. The van der Waals surface area contributed by atoms with Crippen LogP contribution >= 0.6 is 11.6 Å². The van der Waals surface area contributed by atoms with Gasteiger partial charge in [0.15, 0.2) is 0 Å². The molecule has 1 aromatic carbocycles. The molecule has 1 aliphatic heterocycles. The van der Waals surface area contributed by atoms with Gasteiger partial charge >= 0.3 is 5.97 Å². The molecular weight excluding hydrogens is 478 g/mol. The lowest BCUT2D eigenvalue weighted by atomic mass is 9.74. The molecule has 0 unspecified atom stereocenters. The first-order chi connectivity index (χ1) is 17.4.